The molecule has 0 radical (unpaired) electrons. The van der Waals surface area contributed by atoms with Crippen LogP contribution in [0, 0.1) is 5.92 Å². The molecule has 1 fully saturated rings. The molecule has 1 atom stereocenters. The van der Waals surface area contributed by atoms with Gasteiger partial charge < -0.3 is 14.8 Å². The predicted molar refractivity (Wildman–Crippen MR) is 54.7 cm³/mol. The Labute approximate surface area is 88.3 Å². The van der Waals surface area contributed by atoms with Crippen molar-refractivity contribution in [1.29, 1.82) is 0 Å². The number of carboxylic acids is 1. The Hall–Kier alpha value is -1.29. The summed E-state index contributed by atoms with van der Waals surface area (Å²) in [6.07, 6.45) is 2.60. The fourth-order valence-electron chi connectivity index (χ4n) is 1.61. The summed E-state index contributed by atoms with van der Waals surface area (Å²) in [6.45, 7) is 2.75. The van der Waals surface area contributed by atoms with Crippen LogP contribution >= 0.6 is 0 Å². The fourth-order valence-corrected chi connectivity index (χ4v) is 1.61. The summed E-state index contributed by atoms with van der Waals surface area (Å²) in [5.74, 6) is 0.459. The first kappa shape index (κ1) is 10.2. The van der Waals surface area contributed by atoms with Gasteiger partial charge in [0.25, 0.3) is 0 Å². The predicted octanol–water partition coefficient (Wildman–Crippen LogP) is 1.87. The van der Waals surface area contributed by atoms with Gasteiger partial charge >= 0.3 is 5.97 Å². The summed E-state index contributed by atoms with van der Waals surface area (Å²) in [6, 6.07) is 3.68. The van der Waals surface area contributed by atoms with Gasteiger partial charge in [0.1, 0.15) is 5.76 Å². The van der Waals surface area contributed by atoms with Crippen molar-refractivity contribution in [2.75, 3.05) is 0 Å². The lowest BCUT2D eigenvalue weighted by atomic mass is 10.2. The minimum absolute atomic E-state index is 0.00544. The van der Waals surface area contributed by atoms with Crippen LogP contribution in [-0.2, 0) is 6.54 Å². The maximum Gasteiger partial charge on any atom is 0.371 e. The molecule has 82 valence electrons. The maximum atomic E-state index is 10.6. The summed E-state index contributed by atoms with van der Waals surface area (Å²) in [5, 5.41) is 12.0. The highest BCUT2D eigenvalue weighted by molar-refractivity contribution is 5.84. The van der Waals surface area contributed by atoms with Gasteiger partial charge in [0, 0.05) is 6.04 Å². The van der Waals surface area contributed by atoms with E-state index in [1.165, 1.54) is 18.9 Å². The number of nitrogens with one attached hydrogen (secondary N) is 1. The summed E-state index contributed by atoms with van der Waals surface area (Å²) >= 11 is 0. The summed E-state index contributed by atoms with van der Waals surface area (Å²) < 4.78 is 5.13. The maximum absolute atomic E-state index is 10.6. The van der Waals surface area contributed by atoms with Crippen molar-refractivity contribution >= 4 is 5.97 Å². The highest BCUT2D eigenvalue weighted by Crippen LogP contribution is 2.32. The highest BCUT2D eigenvalue weighted by atomic mass is 16.4. The number of aromatic carboxylic acids is 1. The lowest BCUT2D eigenvalue weighted by Crippen LogP contribution is -2.26. The third kappa shape index (κ3) is 2.59. The SMILES string of the molecule is CC(NCc1ccc(C(=O)O)o1)C1CC1. The van der Waals surface area contributed by atoms with Crippen molar-refractivity contribution in [3.8, 4) is 0 Å². The summed E-state index contributed by atoms with van der Waals surface area (Å²) in [4.78, 5) is 10.6. The van der Waals surface area contributed by atoms with E-state index in [0.717, 1.165) is 5.92 Å². The molecule has 1 aromatic rings. The molecule has 1 aliphatic rings. The second-order valence-electron chi connectivity index (χ2n) is 4.08. The molecule has 1 unspecified atom stereocenters. The quantitative estimate of drug-likeness (QED) is 0.777. The van der Waals surface area contributed by atoms with E-state index in [9.17, 15) is 4.79 Å². The number of rotatable bonds is 5. The minimum Gasteiger partial charge on any atom is -0.475 e. The topological polar surface area (TPSA) is 62.5 Å². The Morgan fingerprint density at radius 1 is 1.67 bits per heavy atom. The first-order valence-electron chi connectivity index (χ1n) is 5.22. The largest absolute Gasteiger partial charge is 0.475 e. The monoisotopic (exact) mass is 209 g/mol. The molecule has 2 N–H and O–H groups in total. The second-order valence-corrected chi connectivity index (χ2v) is 4.08. The Morgan fingerprint density at radius 3 is 2.93 bits per heavy atom. The van der Waals surface area contributed by atoms with Gasteiger partial charge in [-0.15, -0.1) is 0 Å². The average molecular weight is 209 g/mol. The van der Waals surface area contributed by atoms with Crippen molar-refractivity contribution < 1.29 is 14.3 Å². The molecule has 0 aliphatic heterocycles. The van der Waals surface area contributed by atoms with Crippen LogP contribution in [0.5, 0.6) is 0 Å². The molecular formula is C11H15NO3. The van der Waals surface area contributed by atoms with Crippen LogP contribution in [0.25, 0.3) is 0 Å². The number of furan rings is 1. The van der Waals surface area contributed by atoms with Gasteiger partial charge in [-0.2, -0.15) is 0 Å². The molecule has 4 nitrogen and oxygen atoms in total. The first-order chi connectivity index (χ1) is 7.16. The van der Waals surface area contributed by atoms with Gasteiger partial charge in [-0.1, -0.05) is 0 Å². The van der Waals surface area contributed by atoms with Crippen molar-refractivity contribution in [3.63, 3.8) is 0 Å². The van der Waals surface area contributed by atoms with Gasteiger partial charge in [0.2, 0.25) is 5.76 Å². The van der Waals surface area contributed by atoms with Crippen molar-refractivity contribution in [3.05, 3.63) is 23.7 Å². The van der Waals surface area contributed by atoms with Crippen molar-refractivity contribution in [1.82, 2.24) is 5.32 Å². The average Bonchev–Trinajstić information content (AvgIpc) is 2.93. The van der Waals surface area contributed by atoms with E-state index in [1.807, 2.05) is 0 Å². The molecule has 0 amide bonds. The zero-order valence-electron chi connectivity index (χ0n) is 8.69. The minimum atomic E-state index is -1.02. The smallest absolute Gasteiger partial charge is 0.371 e. The molecule has 1 saturated carbocycles. The zero-order valence-corrected chi connectivity index (χ0v) is 8.69. The van der Waals surface area contributed by atoms with Crippen LogP contribution in [0.1, 0.15) is 36.1 Å². The summed E-state index contributed by atoms with van der Waals surface area (Å²) in [7, 11) is 0. The van der Waals surface area contributed by atoms with Gasteiger partial charge in [-0.25, -0.2) is 4.79 Å². The third-order valence-electron chi connectivity index (χ3n) is 2.80. The molecule has 0 spiro atoms. The lowest BCUT2D eigenvalue weighted by molar-refractivity contribution is 0.0660. The zero-order chi connectivity index (χ0) is 10.8. The van der Waals surface area contributed by atoms with Crippen LogP contribution in [-0.4, -0.2) is 17.1 Å². The molecule has 0 aromatic carbocycles. The summed E-state index contributed by atoms with van der Waals surface area (Å²) in [5.41, 5.74) is 0. The number of carbonyl (C=O) groups is 1. The van der Waals surface area contributed by atoms with Gasteiger partial charge in [0.05, 0.1) is 6.54 Å². The number of carboxylic acid groups (broad SMARTS) is 1. The number of hydrogen-bond donors (Lipinski definition) is 2. The van der Waals surface area contributed by atoms with E-state index >= 15 is 0 Å². The molecule has 2 rings (SSSR count). The molecule has 0 bridgehead atoms. The molecule has 4 heteroatoms. The normalized spacial score (nSPS) is 17.7. The van der Waals surface area contributed by atoms with Crippen LogP contribution in [0.4, 0.5) is 0 Å². The molecule has 1 aromatic heterocycles. The van der Waals surface area contributed by atoms with E-state index in [4.69, 9.17) is 9.52 Å². The number of hydrogen-bond acceptors (Lipinski definition) is 3. The van der Waals surface area contributed by atoms with Crippen LogP contribution in [0.15, 0.2) is 16.5 Å². The fraction of sp³-hybridized carbons (Fsp3) is 0.545. The van der Waals surface area contributed by atoms with Crippen LogP contribution in [0.3, 0.4) is 0 Å². The van der Waals surface area contributed by atoms with E-state index in [1.54, 1.807) is 6.07 Å². The highest BCUT2D eigenvalue weighted by Gasteiger charge is 2.27. The van der Waals surface area contributed by atoms with Crippen LogP contribution in [0.2, 0.25) is 0 Å². The Kier molecular flexibility index (Phi) is 2.77. The molecule has 15 heavy (non-hydrogen) atoms. The van der Waals surface area contributed by atoms with E-state index in [0.29, 0.717) is 18.3 Å². The van der Waals surface area contributed by atoms with Crippen molar-refractivity contribution in [2.45, 2.75) is 32.4 Å². The second kappa shape index (κ2) is 4.06. The van der Waals surface area contributed by atoms with E-state index < -0.39 is 5.97 Å². The van der Waals surface area contributed by atoms with E-state index in [-0.39, 0.29) is 5.76 Å². The third-order valence-corrected chi connectivity index (χ3v) is 2.80. The Bertz CT molecular complexity index is 354. The Balaban J connectivity index is 1.84. The Morgan fingerprint density at radius 2 is 2.40 bits per heavy atom. The molecule has 1 heterocycles. The van der Waals surface area contributed by atoms with Gasteiger partial charge in [-0.05, 0) is 37.8 Å². The van der Waals surface area contributed by atoms with Gasteiger partial charge in [-0.3, -0.25) is 0 Å². The van der Waals surface area contributed by atoms with Gasteiger partial charge in [0.15, 0.2) is 0 Å². The van der Waals surface area contributed by atoms with Crippen LogP contribution < -0.4 is 5.32 Å². The molecule has 1 aliphatic carbocycles. The van der Waals surface area contributed by atoms with E-state index in [2.05, 4.69) is 12.2 Å². The molecule has 0 saturated heterocycles. The van der Waals surface area contributed by atoms with Crippen molar-refractivity contribution in [2.24, 2.45) is 5.92 Å². The standard InChI is InChI=1S/C11H15NO3/c1-7(8-2-3-8)12-6-9-4-5-10(15-9)11(13)14/h4-5,7-8,12H,2-3,6H2,1H3,(H,13,14). The molecular weight excluding hydrogens is 194 g/mol. The first-order valence-corrected chi connectivity index (χ1v) is 5.22. The lowest BCUT2D eigenvalue weighted by Gasteiger charge is -2.10.